The highest BCUT2D eigenvalue weighted by Crippen LogP contribution is 2.33. The predicted octanol–water partition coefficient (Wildman–Crippen LogP) is 3.69. The number of hydrogen-bond acceptors (Lipinski definition) is 4. The van der Waals surface area contributed by atoms with Crippen molar-refractivity contribution in [1.82, 2.24) is 10.3 Å². The minimum Gasteiger partial charge on any atom is -0.497 e. The molecule has 2 N–H and O–H groups in total. The molecule has 1 aromatic heterocycles. The van der Waals surface area contributed by atoms with Gasteiger partial charge in [0.15, 0.2) is 0 Å². The Morgan fingerprint density at radius 1 is 1.33 bits per heavy atom. The Morgan fingerprint density at radius 3 is 3.00 bits per heavy atom. The van der Waals surface area contributed by atoms with E-state index in [0.717, 1.165) is 54.1 Å². The van der Waals surface area contributed by atoms with Gasteiger partial charge in [-0.3, -0.25) is 4.98 Å². The van der Waals surface area contributed by atoms with Crippen LogP contribution in [0, 0.1) is 11.8 Å². The van der Waals surface area contributed by atoms with Crippen molar-refractivity contribution in [3.63, 3.8) is 0 Å². The van der Waals surface area contributed by atoms with E-state index in [1.54, 1.807) is 13.3 Å². The molecule has 0 unspecified atom stereocenters. The van der Waals surface area contributed by atoms with Gasteiger partial charge in [0.25, 0.3) is 0 Å². The predicted molar refractivity (Wildman–Crippen MR) is 97.2 cm³/mol. The van der Waals surface area contributed by atoms with Crippen LogP contribution >= 0.6 is 0 Å². The normalized spacial score (nSPS) is 22.5. The number of benzene rings is 1. The van der Waals surface area contributed by atoms with Crippen molar-refractivity contribution in [3.8, 4) is 5.75 Å². The smallest absolute Gasteiger partial charge is 0.119 e. The number of aliphatic hydroxyl groups is 1. The van der Waals surface area contributed by atoms with Crippen LogP contribution in [0.4, 0.5) is 0 Å². The van der Waals surface area contributed by atoms with Gasteiger partial charge in [0, 0.05) is 11.6 Å². The Bertz CT molecular complexity index is 674. The molecule has 1 aromatic carbocycles. The van der Waals surface area contributed by atoms with Crippen LogP contribution in [-0.4, -0.2) is 30.3 Å². The van der Waals surface area contributed by atoms with Crippen molar-refractivity contribution in [3.05, 3.63) is 36.0 Å². The second-order valence-electron chi connectivity index (χ2n) is 6.80. The monoisotopic (exact) mass is 328 g/mol. The molecule has 2 aromatic rings. The van der Waals surface area contributed by atoms with Crippen LogP contribution in [-0.2, 0) is 0 Å². The van der Waals surface area contributed by atoms with Crippen molar-refractivity contribution >= 4 is 10.9 Å². The van der Waals surface area contributed by atoms with Crippen molar-refractivity contribution in [2.24, 2.45) is 11.8 Å². The fourth-order valence-corrected chi connectivity index (χ4v) is 3.93. The highest BCUT2D eigenvalue weighted by molar-refractivity contribution is 5.83. The summed E-state index contributed by atoms with van der Waals surface area (Å²) in [5.74, 6) is 2.25. The number of piperidine rings is 1. The second-order valence-corrected chi connectivity index (χ2v) is 6.80. The molecule has 3 rings (SSSR count). The third-order valence-electron chi connectivity index (χ3n) is 5.44. The zero-order chi connectivity index (χ0) is 16.9. The number of aliphatic hydroxyl groups excluding tert-OH is 1. The van der Waals surface area contributed by atoms with Gasteiger partial charge < -0.3 is 15.2 Å². The topological polar surface area (TPSA) is 54.4 Å². The third-order valence-corrected chi connectivity index (χ3v) is 5.44. The number of hydrogen-bond donors (Lipinski definition) is 2. The van der Waals surface area contributed by atoms with Crippen LogP contribution in [0.3, 0.4) is 0 Å². The van der Waals surface area contributed by atoms with Gasteiger partial charge in [-0.1, -0.05) is 13.3 Å². The molecule has 130 valence electrons. The molecule has 4 nitrogen and oxygen atoms in total. The molecule has 0 spiro atoms. The molecule has 1 fully saturated rings. The maximum Gasteiger partial charge on any atom is 0.119 e. The molecular formula is C20H28N2O2. The molecule has 1 aliphatic rings. The van der Waals surface area contributed by atoms with Crippen LogP contribution in [0.5, 0.6) is 5.75 Å². The summed E-state index contributed by atoms with van der Waals surface area (Å²) in [6, 6.07) is 7.77. The molecule has 0 bridgehead atoms. The van der Waals surface area contributed by atoms with Crippen molar-refractivity contribution in [2.45, 2.75) is 38.7 Å². The van der Waals surface area contributed by atoms with Crippen LogP contribution in [0.2, 0.25) is 0 Å². The second kappa shape index (κ2) is 7.95. The maximum atomic E-state index is 10.8. The first-order valence-corrected chi connectivity index (χ1v) is 9.04. The quantitative estimate of drug-likeness (QED) is 0.849. The van der Waals surface area contributed by atoms with E-state index in [1.165, 1.54) is 12.8 Å². The molecule has 0 saturated carbocycles. The molecule has 0 radical (unpaired) electrons. The lowest BCUT2D eigenvalue weighted by Gasteiger charge is -2.32. The van der Waals surface area contributed by atoms with E-state index in [1.807, 2.05) is 24.3 Å². The summed E-state index contributed by atoms with van der Waals surface area (Å²) in [5.41, 5.74) is 1.86. The number of methoxy groups -OCH3 is 1. The van der Waals surface area contributed by atoms with Gasteiger partial charge in [0.2, 0.25) is 0 Å². The van der Waals surface area contributed by atoms with Crippen LogP contribution in [0.1, 0.15) is 44.3 Å². The minimum absolute atomic E-state index is 0.449. The minimum atomic E-state index is -0.449. The Balaban J connectivity index is 1.74. The lowest BCUT2D eigenvalue weighted by atomic mass is 9.80. The van der Waals surface area contributed by atoms with E-state index in [4.69, 9.17) is 4.74 Å². The number of aromatic nitrogens is 1. The van der Waals surface area contributed by atoms with Crippen molar-refractivity contribution in [1.29, 1.82) is 0 Å². The summed E-state index contributed by atoms with van der Waals surface area (Å²) in [4.78, 5) is 4.40. The number of ether oxygens (including phenoxy) is 1. The summed E-state index contributed by atoms with van der Waals surface area (Å²) in [7, 11) is 1.66. The first-order chi connectivity index (χ1) is 11.7. The van der Waals surface area contributed by atoms with E-state index >= 15 is 0 Å². The highest BCUT2D eigenvalue weighted by atomic mass is 16.5. The molecule has 4 heteroatoms. The summed E-state index contributed by atoms with van der Waals surface area (Å²) >= 11 is 0. The number of pyridine rings is 1. The van der Waals surface area contributed by atoms with Crippen molar-refractivity contribution < 1.29 is 9.84 Å². The number of rotatable bonds is 6. The van der Waals surface area contributed by atoms with Gasteiger partial charge in [0.1, 0.15) is 5.75 Å². The number of fused-ring (bicyclic) bond motifs is 1. The average molecular weight is 328 g/mol. The largest absolute Gasteiger partial charge is 0.497 e. The Hall–Kier alpha value is -1.65. The molecule has 3 atom stereocenters. The van der Waals surface area contributed by atoms with Crippen molar-refractivity contribution in [2.75, 3.05) is 20.2 Å². The lowest BCUT2D eigenvalue weighted by Crippen LogP contribution is -2.36. The average Bonchev–Trinajstić information content (AvgIpc) is 2.65. The van der Waals surface area contributed by atoms with Gasteiger partial charge in [-0.2, -0.15) is 0 Å². The zero-order valence-electron chi connectivity index (χ0n) is 14.7. The molecule has 2 heterocycles. The Morgan fingerprint density at radius 2 is 2.21 bits per heavy atom. The zero-order valence-corrected chi connectivity index (χ0v) is 14.7. The van der Waals surface area contributed by atoms with Gasteiger partial charge in [0.05, 0.1) is 18.7 Å². The summed E-state index contributed by atoms with van der Waals surface area (Å²) in [5, 5.41) is 15.3. The third kappa shape index (κ3) is 3.70. The molecule has 0 aliphatic carbocycles. The van der Waals surface area contributed by atoms with Crippen LogP contribution < -0.4 is 10.1 Å². The summed E-state index contributed by atoms with van der Waals surface area (Å²) < 4.78 is 5.32. The Labute approximate surface area is 144 Å². The van der Waals surface area contributed by atoms with E-state index < -0.39 is 6.10 Å². The Kier molecular flexibility index (Phi) is 5.69. The first-order valence-electron chi connectivity index (χ1n) is 9.04. The summed E-state index contributed by atoms with van der Waals surface area (Å²) in [6.07, 6.45) is 5.65. The SMILES string of the molecule is CC[C@H]1CNCC[C@H]1CC[C@@H](O)c1ccnc2ccc(OC)cc12. The molecule has 1 aliphatic heterocycles. The van der Waals surface area contributed by atoms with Gasteiger partial charge in [-0.25, -0.2) is 0 Å². The van der Waals surface area contributed by atoms with E-state index in [-0.39, 0.29) is 0 Å². The summed E-state index contributed by atoms with van der Waals surface area (Å²) in [6.45, 7) is 4.49. The number of nitrogens with zero attached hydrogens (tertiary/aromatic N) is 1. The van der Waals surface area contributed by atoms with Crippen LogP contribution in [0.25, 0.3) is 10.9 Å². The fraction of sp³-hybridized carbons (Fsp3) is 0.550. The highest BCUT2D eigenvalue weighted by Gasteiger charge is 2.24. The maximum absolute atomic E-state index is 10.8. The number of nitrogens with one attached hydrogen (secondary N) is 1. The van der Waals surface area contributed by atoms with E-state index in [9.17, 15) is 5.11 Å². The fourth-order valence-electron chi connectivity index (χ4n) is 3.93. The van der Waals surface area contributed by atoms with E-state index in [2.05, 4.69) is 17.2 Å². The molecular weight excluding hydrogens is 300 g/mol. The van der Waals surface area contributed by atoms with Gasteiger partial charge in [-0.15, -0.1) is 0 Å². The molecule has 1 saturated heterocycles. The molecule has 24 heavy (non-hydrogen) atoms. The van der Waals surface area contributed by atoms with Crippen LogP contribution in [0.15, 0.2) is 30.5 Å². The van der Waals surface area contributed by atoms with Gasteiger partial charge >= 0.3 is 0 Å². The lowest BCUT2D eigenvalue weighted by molar-refractivity contribution is 0.139. The standard InChI is InChI=1S/C20H28N2O2/c1-3-14-13-21-10-8-15(14)4-7-20(23)17-9-11-22-19-6-5-16(24-2)12-18(17)19/h5-6,9,11-12,14-15,20-21,23H,3-4,7-8,10,13H2,1-2H3/t14-,15+,20+/m0/s1. The van der Waals surface area contributed by atoms with E-state index in [0.29, 0.717) is 5.92 Å². The van der Waals surface area contributed by atoms with Gasteiger partial charge in [-0.05, 0) is 74.0 Å². The molecule has 0 amide bonds. The first kappa shape index (κ1) is 17.2.